The van der Waals surface area contributed by atoms with Gasteiger partial charge in [0.15, 0.2) is 0 Å². The van der Waals surface area contributed by atoms with Crippen LogP contribution in [0.3, 0.4) is 0 Å². The highest BCUT2D eigenvalue weighted by atomic mass is 16.5. The van der Waals surface area contributed by atoms with E-state index in [9.17, 15) is 0 Å². The lowest BCUT2D eigenvalue weighted by Crippen LogP contribution is -1.96. The van der Waals surface area contributed by atoms with Crippen molar-refractivity contribution in [2.75, 3.05) is 5.73 Å². The highest BCUT2D eigenvalue weighted by Gasteiger charge is 2.06. The number of benzene rings is 1. The third-order valence-corrected chi connectivity index (χ3v) is 3.19. The molecule has 0 radical (unpaired) electrons. The van der Waals surface area contributed by atoms with E-state index in [2.05, 4.69) is 31.8 Å². The standard InChI is InChI=1S/C16H20N2O/c1-10(2)14-6-5-13(9-11(14)3)19-16-8-7-15(17)12(4)18-16/h5-10H,17H2,1-4H3. The summed E-state index contributed by atoms with van der Waals surface area (Å²) in [5.74, 6) is 1.90. The summed E-state index contributed by atoms with van der Waals surface area (Å²) < 4.78 is 5.76. The molecule has 1 aromatic carbocycles. The minimum absolute atomic E-state index is 0.519. The summed E-state index contributed by atoms with van der Waals surface area (Å²) in [5, 5.41) is 0. The van der Waals surface area contributed by atoms with Crippen LogP contribution in [0.1, 0.15) is 36.6 Å². The van der Waals surface area contributed by atoms with E-state index < -0.39 is 0 Å². The van der Waals surface area contributed by atoms with Crippen molar-refractivity contribution in [1.82, 2.24) is 4.98 Å². The second-order valence-electron chi connectivity index (χ2n) is 5.10. The fourth-order valence-corrected chi connectivity index (χ4v) is 2.09. The van der Waals surface area contributed by atoms with E-state index in [0.717, 1.165) is 11.4 Å². The van der Waals surface area contributed by atoms with Crippen LogP contribution in [0.2, 0.25) is 0 Å². The van der Waals surface area contributed by atoms with Gasteiger partial charge in [0.1, 0.15) is 5.75 Å². The van der Waals surface area contributed by atoms with Crippen molar-refractivity contribution < 1.29 is 4.74 Å². The predicted octanol–water partition coefficient (Wildman–Crippen LogP) is 4.20. The Hall–Kier alpha value is -2.03. The monoisotopic (exact) mass is 256 g/mol. The fraction of sp³-hybridized carbons (Fsp3) is 0.312. The van der Waals surface area contributed by atoms with Gasteiger partial charge in [-0.25, -0.2) is 4.98 Å². The first-order chi connectivity index (χ1) is 8.97. The molecule has 0 aliphatic carbocycles. The Bertz CT molecular complexity index is 591. The molecule has 0 spiro atoms. The number of anilines is 1. The lowest BCUT2D eigenvalue weighted by Gasteiger charge is -2.12. The maximum absolute atomic E-state index is 5.76. The van der Waals surface area contributed by atoms with Crippen molar-refractivity contribution in [3.63, 3.8) is 0 Å². The number of aromatic nitrogens is 1. The molecule has 2 aromatic rings. The second-order valence-corrected chi connectivity index (χ2v) is 5.10. The van der Waals surface area contributed by atoms with Crippen LogP contribution in [0.25, 0.3) is 0 Å². The molecule has 2 rings (SSSR count). The first-order valence-corrected chi connectivity index (χ1v) is 6.49. The van der Waals surface area contributed by atoms with Gasteiger partial charge in [-0.15, -0.1) is 0 Å². The largest absolute Gasteiger partial charge is 0.439 e. The Morgan fingerprint density at radius 3 is 2.42 bits per heavy atom. The third-order valence-electron chi connectivity index (χ3n) is 3.19. The van der Waals surface area contributed by atoms with E-state index in [1.807, 2.05) is 25.1 Å². The van der Waals surface area contributed by atoms with Crippen molar-refractivity contribution in [1.29, 1.82) is 0 Å². The molecule has 0 bridgehead atoms. The highest BCUT2D eigenvalue weighted by Crippen LogP contribution is 2.26. The first-order valence-electron chi connectivity index (χ1n) is 6.49. The number of hydrogen-bond acceptors (Lipinski definition) is 3. The van der Waals surface area contributed by atoms with Gasteiger partial charge in [0.25, 0.3) is 0 Å². The van der Waals surface area contributed by atoms with Crippen LogP contribution in [-0.2, 0) is 0 Å². The maximum Gasteiger partial charge on any atom is 0.219 e. The van der Waals surface area contributed by atoms with E-state index in [0.29, 0.717) is 17.5 Å². The third kappa shape index (κ3) is 3.05. The van der Waals surface area contributed by atoms with Crippen LogP contribution in [0, 0.1) is 13.8 Å². The molecule has 0 fully saturated rings. The summed E-state index contributed by atoms with van der Waals surface area (Å²) >= 11 is 0. The normalized spacial score (nSPS) is 10.8. The predicted molar refractivity (Wildman–Crippen MR) is 78.7 cm³/mol. The number of ether oxygens (including phenoxy) is 1. The molecular formula is C16H20N2O. The number of nitrogens with zero attached hydrogens (tertiary/aromatic N) is 1. The van der Waals surface area contributed by atoms with Gasteiger partial charge in [-0.3, -0.25) is 0 Å². The molecule has 0 amide bonds. The number of pyridine rings is 1. The van der Waals surface area contributed by atoms with Gasteiger partial charge in [0.2, 0.25) is 5.88 Å². The molecule has 0 aliphatic heterocycles. The van der Waals surface area contributed by atoms with E-state index in [4.69, 9.17) is 10.5 Å². The quantitative estimate of drug-likeness (QED) is 0.895. The molecule has 3 heteroatoms. The summed E-state index contributed by atoms with van der Waals surface area (Å²) in [6.07, 6.45) is 0. The van der Waals surface area contributed by atoms with Crippen LogP contribution >= 0.6 is 0 Å². The molecule has 19 heavy (non-hydrogen) atoms. The zero-order valence-electron chi connectivity index (χ0n) is 11.9. The molecule has 0 aliphatic rings. The van der Waals surface area contributed by atoms with Crippen LogP contribution in [0.15, 0.2) is 30.3 Å². The molecule has 0 saturated heterocycles. The molecule has 100 valence electrons. The van der Waals surface area contributed by atoms with Crippen LogP contribution in [0.4, 0.5) is 5.69 Å². The minimum atomic E-state index is 0.519. The van der Waals surface area contributed by atoms with Gasteiger partial charge in [-0.1, -0.05) is 19.9 Å². The number of aryl methyl sites for hydroxylation is 2. The van der Waals surface area contributed by atoms with Gasteiger partial charge in [-0.05, 0) is 49.1 Å². The fourth-order valence-electron chi connectivity index (χ4n) is 2.09. The van der Waals surface area contributed by atoms with Crippen molar-refractivity contribution in [3.8, 4) is 11.6 Å². The number of rotatable bonds is 3. The van der Waals surface area contributed by atoms with Crippen molar-refractivity contribution >= 4 is 5.69 Å². The SMILES string of the molecule is Cc1cc(Oc2ccc(N)c(C)n2)ccc1C(C)C. The lowest BCUT2D eigenvalue weighted by molar-refractivity contribution is 0.461. The Morgan fingerprint density at radius 2 is 1.84 bits per heavy atom. The summed E-state index contributed by atoms with van der Waals surface area (Å²) in [4.78, 5) is 4.31. The smallest absolute Gasteiger partial charge is 0.219 e. The maximum atomic E-state index is 5.76. The number of nitrogen functional groups attached to an aromatic ring is 1. The van der Waals surface area contributed by atoms with Crippen molar-refractivity contribution in [2.45, 2.75) is 33.6 Å². The Balaban J connectivity index is 2.24. The molecule has 0 unspecified atom stereocenters. The van der Waals surface area contributed by atoms with Crippen LogP contribution < -0.4 is 10.5 Å². The summed E-state index contributed by atoms with van der Waals surface area (Å²) in [6, 6.07) is 9.74. The highest BCUT2D eigenvalue weighted by molar-refractivity contribution is 5.44. The molecule has 0 atom stereocenters. The van der Waals surface area contributed by atoms with Crippen LogP contribution in [0.5, 0.6) is 11.6 Å². The second kappa shape index (κ2) is 5.31. The van der Waals surface area contributed by atoms with E-state index >= 15 is 0 Å². The van der Waals surface area contributed by atoms with Gasteiger partial charge < -0.3 is 10.5 Å². The molecule has 0 saturated carbocycles. The average molecular weight is 256 g/mol. The van der Waals surface area contributed by atoms with Gasteiger partial charge in [0.05, 0.1) is 11.4 Å². The van der Waals surface area contributed by atoms with Crippen LogP contribution in [-0.4, -0.2) is 4.98 Å². The molecule has 1 heterocycles. The number of nitrogens with two attached hydrogens (primary N) is 1. The molecule has 3 nitrogen and oxygen atoms in total. The first kappa shape index (κ1) is 13.4. The van der Waals surface area contributed by atoms with Gasteiger partial charge in [0, 0.05) is 6.07 Å². The zero-order valence-corrected chi connectivity index (χ0v) is 11.9. The number of hydrogen-bond donors (Lipinski definition) is 1. The Morgan fingerprint density at radius 1 is 1.11 bits per heavy atom. The van der Waals surface area contributed by atoms with Crippen molar-refractivity contribution in [2.24, 2.45) is 0 Å². The summed E-state index contributed by atoms with van der Waals surface area (Å²) in [6.45, 7) is 8.35. The molecule has 1 aromatic heterocycles. The molecular weight excluding hydrogens is 236 g/mol. The summed E-state index contributed by atoms with van der Waals surface area (Å²) in [5.41, 5.74) is 9.78. The van der Waals surface area contributed by atoms with E-state index in [-0.39, 0.29) is 0 Å². The van der Waals surface area contributed by atoms with Gasteiger partial charge >= 0.3 is 0 Å². The van der Waals surface area contributed by atoms with E-state index in [1.54, 1.807) is 6.07 Å². The van der Waals surface area contributed by atoms with Crippen molar-refractivity contribution in [3.05, 3.63) is 47.2 Å². The minimum Gasteiger partial charge on any atom is -0.439 e. The summed E-state index contributed by atoms with van der Waals surface area (Å²) in [7, 11) is 0. The topological polar surface area (TPSA) is 48.1 Å². The van der Waals surface area contributed by atoms with Gasteiger partial charge in [-0.2, -0.15) is 0 Å². The molecule has 2 N–H and O–H groups in total. The zero-order chi connectivity index (χ0) is 14.0. The van der Waals surface area contributed by atoms with E-state index in [1.165, 1.54) is 11.1 Å². The Kier molecular flexibility index (Phi) is 3.74. The Labute approximate surface area is 114 Å². The average Bonchev–Trinajstić information content (AvgIpc) is 2.33. The lowest BCUT2D eigenvalue weighted by atomic mass is 9.98.